The highest BCUT2D eigenvalue weighted by Crippen LogP contribution is 2.18. The highest BCUT2D eigenvalue weighted by atomic mass is 35.5. The monoisotopic (exact) mass is 232 g/mol. The summed E-state index contributed by atoms with van der Waals surface area (Å²) in [6.07, 6.45) is 1.40. The van der Waals surface area contributed by atoms with Gasteiger partial charge in [-0.3, -0.25) is 0 Å². The average Bonchev–Trinajstić information content (AvgIpc) is 2.22. The molecular weight excluding hydrogens is 220 g/mol. The highest BCUT2D eigenvalue weighted by Gasteiger charge is 2.10. The number of nitrogens with two attached hydrogens (primary N) is 1. The van der Waals surface area contributed by atoms with Gasteiger partial charge in [0.1, 0.15) is 5.02 Å². The van der Waals surface area contributed by atoms with Crippen LogP contribution in [0.5, 0.6) is 0 Å². The van der Waals surface area contributed by atoms with Gasteiger partial charge in [-0.05, 0) is 0 Å². The number of halogens is 1. The molecule has 1 rings (SSSR count). The lowest BCUT2D eigenvalue weighted by Gasteiger charge is -2.16. The molecule has 0 saturated heterocycles. The van der Waals surface area contributed by atoms with Gasteiger partial charge >= 0.3 is 0 Å². The molecule has 1 aromatic rings. The number of aliphatic hydroxyl groups is 1. The van der Waals surface area contributed by atoms with Gasteiger partial charge < -0.3 is 20.9 Å². The minimum Gasteiger partial charge on any atom is -0.394 e. The van der Waals surface area contributed by atoms with E-state index in [2.05, 4.69) is 15.3 Å². The first-order valence-electron chi connectivity index (χ1n) is 4.31. The summed E-state index contributed by atoms with van der Waals surface area (Å²) < 4.78 is 4.90. The Labute approximate surface area is 92.4 Å². The number of nitrogens with one attached hydrogen (secondary N) is 1. The minimum absolute atomic E-state index is 0.0892. The SMILES string of the molecule is COCC(CO)Nc1nc(N)ncc1Cl. The first kappa shape index (κ1) is 12.0. The van der Waals surface area contributed by atoms with Crippen molar-refractivity contribution in [1.29, 1.82) is 0 Å². The van der Waals surface area contributed by atoms with Crippen molar-refractivity contribution in [1.82, 2.24) is 9.97 Å². The lowest BCUT2D eigenvalue weighted by atomic mass is 10.3. The fourth-order valence-corrected chi connectivity index (χ4v) is 1.16. The molecular formula is C8H13ClN4O2. The van der Waals surface area contributed by atoms with E-state index in [4.69, 9.17) is 27.2 Å². The summed E-state index contributed by atoms with van der Waals surface area (Å²) in [6, 6.07) is -0.276. The van der Waals surface area contributed by atoms with E-state index in [1.807, 2.05) is 0 Å². The summed E-state index contributed by atoms with van der Waals surface area (Å²) >= 11 is 5.83. The van der Waals surface area contributed by atoms with Crippen LogP contribution < -0.4 is 11.1 Å². The number of nitrogens with zero attached hydrogens (tertiary/aromatic N) is 2. The van der Waals surface area contributed by atoms with Gasteiger partial charge in [0, 0.05) is 7.11 Å². The highest BCUT2D eigenvalue weighted by molar-refractivity contribution is 6.32. The molecule has 0 saturated carbocycles. The van der Waals surface area contributed by atoms with Gasteiger partial charge in [0.15, 0.2) is 5.82 Å². The molecule has 0 fully saturated rings. The molecule has 4 N–H and O–H groups in total. The molecule has 0 spiro atoms. The van der Waals surface area contributed by atoms with Crippen molar-refractivity contribution in [3.05, 3.63) is 11.2 Å². The van der Waals surface area contributed by atoms with Crippen molar-refractivity contribution in [2.75, 3.05) is 31.4 Å². The maximum absolute atomic E-state index is 9.02. The smallest absolute Gasteiger partial charge is 0.222 e. The molecule has 0 aromatic carbocycles. The predicted molar refractivity (Wildman–Crippen MR) is 57.8 cm³/mol. The summed E-state index contributed by atoms with van der Waals surface area (Å²) in [4.78, 5) is 7.62. The number of aromatic nitrogens is 2. The fraction of sp³-hybridized carbons (Fsp3) is 0.500. The first-order chi connectivity index (χ1) is 7.17. The van der Waals surface area contributed by atoms with Crippen LogP contribution in [0.15, 0.2) is 6.20 Å². The fourth-order valence-electron chi connectivity index (χ4n) is 1.02. The quantitative estimate of drug-likeness (QED) is 0.668. The Morgan fingerprint density at radius 1 is 1.73 bits per heavy atom. The van der Waals surface area contributed by atoms with Crippen LogP contribution in [-0.4, -0.2) is 41.4 Å². The molecule has 1 unspecified atom stereocenters. The maximum Gasteiger partial charge on any atom is 0.222 e. The van der Waals surface area contributed by atoms with Crippen molar-refractivity contribution < 1.29 is 9.84 Å². The number of methoxy groups -OCH3 is 1. The molecule has 0 bridgehead atoms. The number of rotatable bonds is 5. The normalized spacial score (nSPS) is 12.5. The van der Waals surface area contributed by atoms with E-state index >= 15 is 0 Å². The van der Waals surface area contributed by atoms with E-state index in [0.717, 1.165) is 0 Å². The lowest BCUT2D eigenvalue weighted by molar-refractivity contribution is 0.153. The second-order valence-corrected chi connectivity index (χ2v) is 3.31. The second kappa shape index (κ2) is 5.69. The number of aliphatic hydroxyl groups excluding tert-OH is 1. The zero-order valence-corrected chi connectivity index (χ0v) is 9.03. The number of hydrogen-bond donors (Lipinski definition) is 3. The molecule has 0 aliphatic carbocycles. The predicted octanol–water partition coefficient (Wildman–Crippen LogP) is 0.131. The van der Waals surface area contributed by atoms with Crippen LogP contribution in [0.2, 0.25) is 5.02 Å². The molecule has 0 amide bonds. The van der Waals surface area contributed by atoms with Crippen LogP contribution in [0.25, 0.3) is 0 Å². The van der Waals surface area contributed by atoms with Crippen LogP contribution in [0.1, 0.15) is 0 Å². The molecule has 0 aliphatic rings. The topological polar surface area (TPSA) is 93.3 Å². The summed E-state index contributed by atoms with van der Waals surface area (Å²) in [5.74, 6) is 0.510. The third-order valence-corrected chi connectivity index (χ3v) is 1.97. The summed E-state index contributed by atoms with van der Waals surface area (Å²) in [5, 5.41) is 12.3. The molecule has 0 aliphatic heterocycles. The summed E-state index contributed by atoms with van der Waals surface area (Å²) in [6.45, 7) is 0.255. The van der Waals surface area contributed by atoms with E-state index in [0.29, 0.717) is 17.4 Å². The molecule has 7 heteroatoms. The molecule has 1 aromatic heterocycles. The van der Waals surface area contributed by atoms with Crippen molar-refractivity contribution in [3.8, 4) is 0 Å². The number of anilines is 2. The Hall–Kier alpha value is -1.11. The van der Waals surface area contributed by atoms with E-state index < -0.39 is 0 Å². The summed E-state index contributed by atoms with van der Waals surface area (Å²) in [5.41, 5.74) is 5.40. The van der Waals surface area contributed by atoms with E-state index in [1.54, 1.807) is 7.11 Å². The Morgan fingerprint density at radius 3 is 3.07 bits per heavy atom. The van der Waals surface area contributed by atoms with Crippen molar-refractivity contribution >= 4 is 23.4 Å². The van der Waals surface area contributed by atoms with Crippen LogP contribution in [0.3, 0.4) is 0 Å². The van der Waals surface area contributed by atoms with Gasteiger partial charge in [-0.15, -0.1) is 0 Å². The first-order valence-corrected chi connectivity index (χ1v) is 4.69. The van der Waals surface area contributed by atoms with Crippen LogP contribution in [0, 0.1) is 0 Å². The zero-order chi connectivity index (χ0) is 11.3. The molecule has 0 radical (unpaired) electrons. The van der Waals surface area contributed by atoms with Crippen molar-refractivity contribution in [2.24, 2.45) is 0 Å². The van der Waals surface area contributed by atoms with E-state index in [1.165, 1.54) is 6.20 Å². The van der Waals surface area contributed by atoms with Gasteiger partial charge in [0.05, 0.1) is 25.5 Å². The third kappa shape index (κ3) is 3.50. The molecule has 84 valence electrons. The van der Waals surface area contributed by atoms with Gasteiger partial charge in [0.2, 0.25) is 5.95 Å². The standard InChI is InChI=1S/C8H13ClN4O2/c1-15-4-5(3-14)12-7-6(9)2-11-8(10)13-7/h2,5,14H,3-4H2,1H3,(H3,10,11,12,13). The minimum atomic E-state index is -0.276. The Morgan fingerprint density at radius 2 is 2.47 bits per heavy atom. The lowest BCUT2D eigenvalue weighted by Crippen LogP contribution is -2.29. The summed E-state index contributed by atoms with van der Waals surface area (Å²) in [7, 11) is 1.54. The van der Waals surface area contributed by atoms with Crippen LogP contribution in [0.4, 0.5) is 11.8 Å². The maximum atomic E-state index is 9.02. The Balaban J connectivity index is 2.73. The van der Waals surface area contributed by atoms with Crippen molar-refractivity contribution in [3.63, 3.8) is 0 Å². The van der Waals surface area contributed by atoms with Gasteiger partial charge in [-0.2, -0.15) is 4.98 Å². The van der Waals surface area contributed by atoms with Crippen LogP contribution >= 0.6 is 11.6 Å². The van der Waals surface area contributed by atoms with Gasteiger partial charge in [0.25, 0.3) is 0 Å². The number of hydrogen-bond acceptors (Lipinski definition) is 6. The Kier molecular flexibility index (Phi) is 4.54. The van der Waals surface area contributed by atoms with Gasteiger partial charge in [-0.1, -0.05) is 11.6 Å². The average molecular weight is 233 g/mol. The number of nitrogen functional groups attached to an aromatic ring is 1. The second-order valence-electron chi connectivity index (χ2n) is 2.90. The largest absolute Gasteiger partial charge is 0.394 e. The molecule has 15 heavy (non-hydrogen) atoms. The molecule has 6 nitrogen and oxygen atoms in total. The molecule has 1 atom stereocenters. The zero-order valence-electron chi connectivity index (χ0n) is 8.27. The Bertz CT molecular complexity index is 324. The van der Waals surface area contributed by atoms with E-state index in [-0.39, 0.29) is 18.6 Å². The molecule has 1 heterocycles. The van der Waals surface area contributed by atoms with E-state index in [9.17, 15) is 0 Å². The third-order valence-electron chi connectivity index (χ3n) is 1.69. The van der Waals surface area contributed by atoms with Crippen molar-refractivity contribution in [2.45, 2.75) is 6.04 Å². The van der Waals surface area contributed by atoms with Crippen LogP contribution in [-0.2, 0) is 4.74 Å². The van der Waals surface area contributed by atoms with Gasteiger partial charge in [-0.25, -0.2) is 4.98 Å². The number of ether oxygens (including phenoxy) is 1.